The van der Waals surface area contributed by atoms with Crippen LogP contribution in [0.5, 0.6) is 0 Å². The van der Waals surface area contributed by atoms with E-state index in [-0.39, 0.29) is 0 Å². The number of benzene rings is 1. The highest BCUT2D eigenvalue weighted by Gasteiger charge is 2.28. The van der Waals surface area contributed by atoms with E-state index in [9.17, 15) is 22.3 Å². The molecule has 1 aliphatic carbocycles. The number of halogens is 2. The summed E-state index contributed by atoms with van der Waals surface area (Å²) in [4.78, 5) is -0.943. The van der Waals surface area contributed by atoms with Crippen molar-refractivity contribution in [1.82, 2.24) is 4.72 Å². The van der Waals surface area contributed by atoms with E-state index < -0.39 is 38.7 Å². The van der Waals surface area contributed by atoms with E-state index in [1.165, 1.54) is 0 Å². The standard InChI is InChI=1S/C12H15F2NO3S/c13-10-2-1-3-11(14)12(10)19(17,18)15-8-4-6-9(16)7-5-8/h1-3,8-9,15-16H,4-7H2. The van der Waals surface area contributed by atoms with Gasteiger partial charge in [0.1, 0.15) is 11.6 Å². The lowest BCUT2D eigenvalue weighted by molar-refractivity contribution is 0.120. The maximum Gasteiger partial charge on any atom is 0.246 e. The summed E-state index contributed by atoms with van der Waals surface area (Å²) in [6, 6.07) is 2.53. The predicted octanol–water partition coefficient (Wildman–Crippen LogP) is 1.55. The Morgan fingerprint density at radius 2 is 1.63 bits per heavy atom. The van der Waals surface area contributed by atoms with Crippen LogP contribution in [-0.2, 0) is 10.0 Å². The maximum atomic E-state index is 13.5. The van der Waals surface area contributed by atoms with Gasteiger partial charge < -0.3 is 5.11 Å². The Kier molecular flexibility index (Phi) is 4.17. The van der Waals surface area contributed by atoms with Crippen LogP contribution in [0.25, 0.3) is 0 Å². The molecular formula is C12H15F2NO3S. The van der Waals surface area contributed by atoms with Crippen LogP contribution in [0.1, 0.15) is 25.7 Å². The van der Waals surface area contributed by atoms with Gasteiger partial charge in [-0.3, -0.25) is 0 Å². The summed E-state index contributed by atoms with van der Waals surface area (Å²) in [5.74, 6) is -2.22. The molecule has 0 spiro atoms. The molecule has 106 valence electrons. The molecule has 0 aliphatic heterocycles. The van der Waals surface area contributed by atoms with Crippen molar-refractivity contribution in [2.75, 3.05) is 0 Å². The van der Waals surface area contributed by atoms with E-state index in [4.69, 9.17) is 0 Å². The van der Waals surface area contributed by atoms with Gasteiger partial charge in [-0.1, -0.05) is 6.07 Å². The number of hydrogen-bond acceptors (Lipinski definition) is 3. The van der Waals surface area contributed by atoms with E-state index in [1.54, 1.807) is 0 Å². The molecule has 1 aromatic rings. The Hall–Kier alpha value is -1.05. The first-order chi connectivity index (χ1) is 8.90. The largest absolute Gasteiger partial charge is 0.393 e. The first-order valence-corrected chi connectivity index (χ1v) is 7.53. The number of sulfonamides is 1. The van der Waals surface area contributed by atoms with Crippen LogP contribution in [0.3, 0.4) is 0 Å². The molecule has 1 aromatic carbocycles. The first-order valence-electron chi connectivity index (χ1n) is 6.04. The number of aliphatic hydroxyl groups excluding tert-OH is 1. The summed E-state index contributed by atoms with van der Waals surface area (Å²) >= 11 is 0. The lowest BCUT2D eigenvalue weighted by Gasteiger charge is -2.26. The molecule has 1 fully saturated rings. The average molecular weight is 291 g/mol. The third kappa shape index (κ3) is 3.29. The van der Waals surface area contributed by atoms with E-state index in [1.807, 2.05) is 0 Å². The summed E-state index contributed by atoms with van der Waals surface area (Å²) in [5, 5.41) is 9.33. The second-order valence-corrected chi connectivity index (χ2v) is 6.33. The summed E-state index contributed by atoms with van der Waals surface area (Å²) in [6.07, 6.45) is 1.44. The molecular weight excluding hydrogens is 276 g/mol. The topological polar surface area (TPSA) is 66.4 Å². The van der Waals surface area contributed by atoms with Crippen LogP contribution >= 0.6 is 0 Å². The van der Waals surface area contributed by atoms with Crippen molar-refractivity contribution < 1.29 is 22.3 Å². The normalized spacial score (nSPS) is 24.4. The van der Waals surface area contributed by atoms with Gasteiger partial charge in [0.25, 0.3) is 0 Å². The maximum absolute atomic E-state index is 13.5. The Morgan fingerprint density at radius 3 is 2.16 bits per heavy atom. The zero-order valence-electron chi connectivity index (χ0n) is 10.1. The van der Waals surface area contributed by atoms with Crippen LogP contribution in [0.15, 0.2) is 23.1 Å². The second kappa shape index (κ2) is 5.52. The Labute approximate surface area is 110 Å². The van der Waals surface area contributed by atoms with Gasteiger partial charge >= 0.3 is 0 Å². The minimum atomic E-state index is -4.22. The SMILES string of the molecule is O=S(=O)(NC1CCC(O)CC1)c1c(F)cccc1F. The smallest absolute Gasteiger partial charge is 0.246 e. The molecule has 1 aliphatic rings. The van der Waals surface area contributed by atoms with Crippen molar-refractivity contribution in [3.63, 3.8) is 0 Å². The van der Waals surface area contributed by atoms with E-state index in [0.29, 0.717) is 25.7 Å². The summed E-state index contributed by atoms with van der Waals surface area (Å²) in [5.41, 5.74) is 0. The van der Waals surface area contributed by atoms with Crippen molar-refractivity contribution in [3.05, 3.63) is 29.8 Å². The van der Waals surface area contributed by atoms with Crippen LogP contribution in [0, 0.1) is 11.6 Å². The third-order valence-electron chi connectivity index (χ3n) is 3.21. The quantitative estimate of drug-likeness (QED) is 0.888. The van der Waals surface area contributed by atoms with Crippen molar-refractivity contribution in [3.8, 4) is 0 Å². The fourth-order valence-corrected chi connectivity index (χ4v) is 3.65. The number of rotatable bonds is 3. The number of hydrogen-bond donors (Lipinski definition) is 2. The van der Waals surface area contributed by atoms with Gasteiger partial charge in [-0.15, -0.1) is 0 Å². The lowest BCUT2D eigenvalue weighted by Crippen LogP contribution is -2.39. The van der Waals surface area contributed by atoms with Gasteiger partial charge in [-0.05, 0) is 37.8 Å². The molecule has 0 saturated heterocycles. The van der Waals surface area contributed by atoms with Crippen molar-refractivity contribution >= 4 is 10.0 Å². The third-order valence-corrected chi connectivity index (χ3v) is 4.78. The monoisotopic (exact) mass is 291 g/mol. The summed E-state index contributed by atoms with van der Waals surface area (Å²) in [7, 11) is -4.22. The van der Waals surface area contributed by atoms with Crippen LogP contribution in [0.2, 0.25) is 0 Å². The zero-order valence-corrected chi connectivity index (χ0v) is 11.0. The summed E-state index contributed by atoms with van der Waals surface area (Å²) < 4.78 is 53.2. The lowest BCUT2D eigenvalue weighted by atomic mass is 9.94. The Morgan fingerprint density at radius 1 is 1.11 bits per heavy atom. The Bertz CT molecular complexity index is 534. The van der Waals surface area contributed by atoms with Gasteiger partial charge in [-0.2, -0.15) is 0 Å². The number of aliphatic hydroxyl groups is 1. The minimum absolute atomic E-state index is 0.396. The zero-order chi connectivity index (χ0) is 14.0. The molecule has 1 saturated carbocycles. The highest BCUT2D eigenvalue weighted by atomic mass is 32.2. The van der Waals surface area contributed by atoms with E-state index in [0.717, 1.165) is 18.2 Å². The molecule has 4 nitrogen and oxygen atoms in total. The molecule has 0 aromatic heterocycles. The molecule has 2 N–H and O–H groups in total. The molecule has 0 bridgehead atoms. The van der Waals surface area contributed by atoms with Gasteiger partial charge in [0.2, 0.25) is 10.0 Å². The molecule has 7 heteroatoms. The first kappa shape index (κ1) is 14.4. The van der Waals surface area contributed by atoms with Crippen molar-refractivity contribution in [2.45, 2.75) is 42.7 Å². The fourth-order valence-electron chi connectivity index (χ4n) is 2.21. The van der Waals surface area contributed by atoms with Gasteiger partial charge in [0.05, 0.1) is 6.10 Å². The highest BCUT2D eigenvalue weighted by Crippen LogP contribution is 2.23. The van der Waals surface area contributed by atoms with Crippen molar-refractivity contribution in [1.29, 1.82) is 0 Å². The van der Waals surface area contributed by atoms with E-state index >= 15 is 0 Å². The minimum Gasteiger partial charge on any atom is -0.393 e. The van der Waals surface area contributed by atoms with E-state index in [2.05, 4.69) is 4.72 Å². The van der Waals surface area contributed by atoms with Gasteiger partial charge in [0.15, 0.2) is 4.90 Å². The average Bonchev–Trinajstić information content (AvgIpc) is 2.31. The molecule has 2 rings (SSSR count). The van der Waals surface area contributed by atoms with Crippen LogP contribution in [0.4, 0.5) is 8.78 Å². The van der Waals surface area contributed by atoms with Gasteiger partial charge in [-0.25, -0.2) is 21.9 Å². The molecule has 0 radical (unpaired) electrons. The molecule has 0 unspecified atom stereocenters. The van der Waals surface area contributed by atoms with Gasteiger partial charge in [0, 0.05) is 6.04 Å². The van der Waals surface area contributed by atoms with Crippen molar-refractivity contribution in [2.24, 2.45) is 0 Å². The molecule has 19 heavy (non-hydrogen) atoms. The Balaban J connectivity index is 2.19. The second-order valence-electron chi connectivity index (χ2n) is 4.68. The molecule has 0 atom stereocenters. The highest BCUT2D eigenvalue weighted by molar-refractivity contribution is 7.89. The number of nitrogens with one attached hydrogen (secondary N) is 1. The fraction of sp³-hybridized carbons (Fsp3) is 0.500. The predicted molar refractivity (Wildman–Crippen MR) is 64.9 cm³/mol. The summed E-state index contributed by atoms with van der Waals surface area (Å²) in [6.45, 7) is 0. The molecule has 0 amide bonds. The molecule has 0 heterocycles. The van der Waals surface area contributed by atoms with Crippen LogP contribution < -0.4 is 4.72 Å². The van der Waals surface area contributed by atoms with Crippen LogP contribution in [-0.4, -0.2) is 25.7 Å².